The van der Waals surface area contributed by atoms with E-state index in [4.69, 9.17) is 0 Å². The van der Waals surface area contributed by atoms with Gasteiger partial charge >= 0.3 is 0 Å². The maximum absolute atomic E-state index is 13.2. The highest BCUT2D eigenvalue weighted by Gasteiger charge is 2.15. The van der Waals surface area contributed by atoms with Crippen LogP contribution >= 0.6 is 0 Å². The Morgan fingerprint density at radius 3 is 2.15 bits per heavy atom. The van der Waals surface area contributed by atoms with Crippen LogP contribution in [0.3, 0.4) is 0 Å². The Kier molecular flexibility index (Phi) is 4.60. The molecule has 6 nitrogen and oxygen atoms in total. The molecule has 134 valence electrons. The van der Waals surface area contributed by atoms with Crippen molar-refractivity contribution in [1.82, 2.24) is 9.89 Å². The van der Waals surface area contributed by atoms with Gasteiger partial charge in [-0.3, -0.25) is 4.79 Å². The molecule has 0 unspecified atom stereocenters. The molecule has 1 N–H and O–H groups in total. The average molecular weight is 373 g/mol. The van der Waals surface area contributed by atoms with Crippen molar-refractivity contribution in [3.8, 4) is 22.4 Å². The molecule has 0 saturated carbocycles. The molecule has 0 aliphatic heterocycles. The minimum atomic E-state index is -3.30. The summed E-state index contributed by atoms with van der Waals surface area (Å²) >= 11 is 0. The summed E-state index contributed by atoms with van der Waals surface area (Å²) < 4.78 is 36.5. The van der Waals surface area contributed by atoms with E-state index in [9.17, 15) is 17.6 Å². The third kappa shape index (κ3) is 3.80. The van der Waals surface area contributed by atoms with Crippen molar-refractivity contribution < 1.29 is 17.6 Å². The summed E-state index contributed by atoms with van der Waals surface area (Å²) in [5.74, 6) is -0.654. The first-order chi connectivity index (χ1) is 12.2. The summed E-state index contributed by atoms with van der Waals surface area (Å²) in [5.41, 5.74) is 5.13. The molecule has 0 bridgehead atoms. The molecule has 0 aliphatic carbocycles. The number of hydrogen-bond donors (Lipinski definition) is 1. The SMILES string of the molecule is CC(=O)Nn1cc(-c2ccc(F)cc2)c(-c2ccc(S(C)(=O)=O)cc2)n1. The van der Waals surface area contributed by atoms with E-state index in [1.807, 2.05) is 0 Å². The van der Waals surface area contributed by atoms with Crippen LogP contribution in [-0.4, -0.2) is 30.5 Å². The van der Waals surface area contributed by atoms with Gasteiger partial charge in [-0.2, -0.15) is 9.89 Å². The number of amides is 1. The Hall–Kier alpha value is -3.00. The molecule has 0 fully saturated rings. The summed E-state index contributed by atoms with van der Waals surface area (Å²) in [6.07, 6.45) is 2.76. The average Bonchev–Trinajstić information content (AvgIpc) is 2.98. The number of halogens is 1. The van der Waals surface area contributed by atoms with E-state index in [1.165, 1.54) is 36.0 Å². The summed E-state index contributed by atoms with van der Waals surface area (Å²) in [7, 11) is -3.30. The lowest BCUT2D eigenvalue weighted by molar-refractivity contribution is -0.115. The molecule has 2 aromatic carbocycles. The molecule has 0 saturated heterocycles. The fraction of sp³-hybridized carbons (Fsp3) is 0.111. The van der Waals surface area contributed by atoms with Gasteiger partial charge in [-0.05, 0) is 29.8 Å². The lowest BCUT2D eigenvalue weighted by Crippen LogP contribution is -2.20. The van der Waals surface area contributed by atoms with Crippen molar-refractivity contribution in [2.45, 2.75) is 11.8 Å². The molecule has 1 heterocycles. The van der Waals surface area contributed by atoms with Crippen LogP contribution in [0.1, 0.15) is 6.92 Å². The van der Waals surface area contributed by atoms with Gasteiger partial charge in [0.1, 0.15) is 11.5 Å². The number of carbonyl (C=O) groups excluding carboxylic acids is 1. The quantitative estimate of drug-likeness (QED) is 0.762. The largest absolute Gasteiger partial charge is 0.274 e. The van der Waals surface area contributed by atoms with Crippen molar-refractivity contribution in [1.29, 1.82) is 0 Å². The van der Waals surface area contributed by atoms with Crippen molar-refractivity contribution in [2.24, 2.45) is 0 Å². The second-order valence-electron chi connectivity index (χ2n) is 5.81. The van der Waals surface area contributed by atoms with E-state index in [-0.39, 0.29) is 16.6 Å². The van der Waals surface area contributed by atoms with Crippen molar-refractivity contribution in [3.05, 3.63) is 60.5 Å². The zero-order valence-electron chi connectivity index (χ0n) is 14.1. The van der Waals surface area contributed by atoms with Gasteiger partial charge in [0, 0.05) is 24.3 Å². The molecule has 0 spiro atoms. The summed E-state index contributed by atoms with van der Waals surface area (Å²) in [4.78, 5) is 12.8. The molecule has 3 aromatic rings. The number of nitrogens with zero attached hydrogens (tertiary/aromatic N) is 2. The van der Waals surface area contributed by atoms with Crippen molar-refractivity contribution in [3.63, 3.8) is 0 Å². The Morgan fingerprint density at radius 2 is 1.62 bits per heavy atom. The van der Waals surface area contributed by atoms with Crippen LogP contribution in [-0.2, 0) is 14.6 Å². The zero-order valence-corrected chi connectivity index (χ0v) is 14.9. The van der Waals surface area contributed by atoms with Crippen LogP contribution in [0.4, 0.5) is 4.39 Å². The fourth-order valence-corrected chi connectivity index (χ4v) is 3.14. The molecule has 3 rings (SSSR count). The van der Waals surface area contributed by atoms with Gasteiger partial charge in [0.25, 0.3) is 0 Å². The highest BCUT2D eigenvalue weighted by atomic mass is 32.2. The predicted molar refractivity (Wildman–Crippen MR) is 96.2 cm³/mol. The number of aromatic nitrogens is 2. The van der Waals surface area contributed by atoms with E-state index in [1.54, 1.807) is 30.5 Å². The van der Waals surface area contributed by atoms with Crippen LogP contribution in [0.5, 0.6) is 0 Å². The fourth-order valence-electron chi connectivity index (χ4n) is 2.51. The van der Waals surface area contributed by atoms with E-state index in [2.05, 4.69) is 10.5 Å². The third-order valence-corrected chi connectivity index (χ3v) is 4.83. The topological polar surface area (TPSA) is 81.1 Å². The van der Waals surface area contributed by atoms with E-state index in [0.29, 0.717) is 22.4 Å². The minimum Gasteiger partial charge on any atom is -0.274 e. The molecule has 1 amide bonds. The molecular formula is C18H16FN3O3S. The van der Waals surface area contributed by atoms with Crippen LogP contribution in [0.15, 0.2) is 59.6 Å². The molecular weight excluding hydrogens is 357 g/mol. The number of rotatable bonds is 4. The Labute approximate surface area is 150 Å². The Balaban J connectivity index is 2.11. The third-order valence-electron chi connectivity index (χ3n) is 3.70. The van der Waals surface area contributed by atoms with Crippen LogP contribution in [0.2, 0.25) is 0 Å². The van der Waals surface area contributed by atoms with Gasteiger partial charge in [0.05, 0.1) is 11.1 Å². The molecule has 0 atom stereocenters. The summed E-state index contributed by atoms with van der Waals surface area (Å²) in [5, 5.41) is 4.35. The Morgan fingerprint density at radius 1 is 1.04 bits per heavy atom. The molecule has 0 radical (unpaired) electrons. The Bertz CT molecular complexity index is 1060. The van der Waals surface area contributed by atoms with Crippen LogP contribution < -0.4 is 5.43 Å². The van der Waals surface area contributed by atoms with E-state index >= 15 is 0 Å². The van der Waals surface area contributed by atoms with Crippen LogP contribution in [0.25, 0.3) is 22.4 Å². The normalized spacial score (nSPS) is 11.3. The first kappa shape index (κ1) is 17.8. The molecule has 0 aliphatic rings. The van der Waals surface area contributed by atoms with E-state index in [0.717, 1.165) is 6.26 Å². The number of hydrogen-bond acceptors (Lipinski definition) is 4. The standard InChI is InChI=1S/C18H16FN3O3S/c1-12(23)20-22-11-17(13-3-7-15(19)8-4-13)18(21-22)14-5-9-16(10-6-14)26(2,24)25/h3-11H,1-2H3,(H,20,23). The molecule has 26 heavy (non-hydrogen) atoms. The maximum atomic E-state index is 13.2. The monoisotopic (exact) mass is 373 g/mol. The first-order valence-electron chi connectivity index (χ1n) is 7.68. The van der Waals surface area contributed by atoms with Gasteiger partial charge in [-0.25, -0.2) is 18.2 Å². The summed E-state index contributed by atoms with van der Waals surface area (Å²) in [6.45, 7) is 1.36. The minimum absolute atomic E-state index is 0.200. The zero-order chi connectivity index (χ0) is 18.9. The smallest absolute Gasteiger partial charge is 0.236 e. The number of benzene rings is 2. The lowest BCUT2D eigenvalue weighted by atomic mass is 10.0. The second-order valence-corrected chi connectivity index (χ2v) is 7.82. The predicted octanol–water partition coefficient (Wildman–Crippen LogP) is 2.85. The maximum Gasteiger partial charge on any atom is 0.236 e. The lowest BCUT2D eigenvalue weighted by Gasteiger charge is -2.04. The van der Waals surface area contributed by atoms with Gasteiger partial charge in [0.15, 0.2) is 9.84 Å². The number of sulfone groups is 1. The molecule has 8 heteroatoms. The highest BCUT2D eigenvalue weighted by molar-refractivity contribution is 7.90. The first-order valence-corrected chi connectivity index (χ1v) is 9.57. The van der Waals surface area contributed by atoms with E-state index < -0.39 is 9.84 Å². The van der Waals surface area contributed by atoms with Gasteiger partial charge in [-0.1, -0.05) is 24.3 Å². The second kappa shape index (κ2) is 6.72. The molecule has 1 aromatic heterocycles. The highest BCUT2D eigenvalue weighted by Crippen LogP contribution is 2.31. The van der Waals surface area contributed by atoms with Crippen molar-refractivity contribution in [2.75, 3.05) is 11.7 Å². The van der Waals surface area contributed by atoms with Gasteiger partial charge < -0.3 is 0 Å². The van der Waals surface area contributed by atoms with Crippen LogP contribution in [0, 0.1) is 5.82 Å². The van der Waals surface area contributed by atoms with Gasteiger partial charge in [-0.15, -0.1) is 0 Å². The van der Waals surface area contributed by atoms with Crippen molar-refractivity contribution >= 4 is 15.7 Å². The number of nitrogens with one attached hydrogen (secondary N) is 1. The van der Waals surface area contributed by atoms with Gasteiger partial charge in [0.2, 0.25) is 5.91 Å². The number of carbonyl (C=O) groups is 1. The summed E-state index contributed by atoms with van der Waals surface area (Å²) in [6, 6.07) is 12.2.